The molecule has 1 aromatic carbocycles. The largest absolute Gasteiger partial charge is 0.375 e. The summed E-state index contributed by atoms with van der Waals surface area (Å²) in [6, 6.07) is 13.0. The van der Waals surface area contributed by atoms with Gasteiger partial charge < -0.3 is 10.6 Å². The quantitative estimate of drug-likeness (QED) is 0.897. The van der Waals surface area contributed by atoms with Gasteiger partial charge in [-0.2, -0.15) is 0 Å². The van der Waals surface area contributed by atoms with Gasteiger partial charge in [-0.1, -0.05) is 18.2 Å². The molecule has 1 unspecified atom stereocenters. The summed E-state index contributed by atoms with van der Waals surface area (Å²) in [5.41, 5.74) is 7.94. The molecule has 0 fully saturated rings. The molecular formula is C15H18FN3. The smallest absolute Gasteiger partial charge is 0.141 e. The monoisotopic (exact) mass is 259 g/mol. The predicted molar refractivity (Wildman–Crippen MR) is 75.5 cm³/mol. The molecule has 0 saturated heterocycles. The second kappa shape index (κ2) is 6.29. The molecule has 3 nitrogen and oxygen atoms in total. The first kappa shape index (κ1) is 13.5. The van der Waals surface area contributed by atoms with Gasteiger partial charge in [0.15, 0.2) is 0 Å². The number of rotatable bonds is 5. The van der Waals surface area contributed by atoms with E-state index in [4.69, 9.17) is 5.73 Å². The summed E-state index contributed by atoms with van der Waals surface area (Å²) >= 11 is 0. The highest BCUT2D eigenvalue weighted by atomic mass is 19.1. The molecule has 0 spiro atoms. The lowest BCUT2D eigenvalue weighted by atomic mass is 10.1. The molecule has 1 heterocycles. The second-order valence-electron chi connectivity index (χ2n) is 4.55. The average molecular weight is 259 g/mol. The lowest BCUT2D eigenvalue weighted by Gasteiger charge is -2.21. The molecule has 0 aliphatic heterocycles. The Balaban J connectivity index is 1.90. The number of anilines is 1. The Morgan fingerprint density at radius 2 is 1.95 bits per heavy atom. The maximum Gasteiger partial charge on any atom is 0.141 e. The molecule has 2 rings (SSSR count). The Morgan fingerprint density at radius 1 is 1.21 bits per heavy atom. The third-order valence-electron chi connectivity index (χ3n) is 3.10. The minimum Gasteiger partial charge on any atom is -0.375 e. The summed E-state index contributed by atoms with van der Waals surface area (Å²) in [4.78, 5) is 6.15. The molecule has 2 aromatic rings. The number of hydrogen-bond acceptors (Lipinski definition) is 3. The van der Waals surface area contributed by atoms with Gasteiger partial charge in [0.05, 0.1) is 11.9 Å². The van der Waals surface area contributed by atoms with E-state index in [1.165, 1.54) is 12.3 Å². The zero-order chi connectivity index (χ0) is 13.7. The van der Waals surface area contributed by atoms with Crippen LogP contribution in [0.2, 0.25) is 0 Å². The maximum atomic E-state index is 12.8. The number of hydrogen-bond donors (Lipinski definition) is 1. The molecular weight excluding hydrogens is 241 g/mol. The third kappa shape index (κ3) is 3.76. The highest BCUT2D eigenvalue weighted by Crippen LogP contribution is 2.15. The van der Waals surface area contributed by atoms with E-state index in [9.17, 15) is 4.39 Å². The molecule has 4 heteroatoms. The van der Waals surface area contributed by atoms with Crippen LogP contribution in [0.5, 0.6) is 0 Å². The highest BCUT2D eigenvalue weighted by molar-refractivity contribution is 5.44. The molecule has 1 atom stereocenters. The van der Waals surface area contributed by atoms with E-state index in [0.29, 0.717) is 0 Å². The highest BCUT2D eigenvalue weighted by Gasteiger charge is 2.09. The van der Waals surface area contributed by atoms with Gasteiger partial charge in [-0.3, -0.25) is 4.98 Å². The van der Waals surface area contributed by atoms with Crippen molar-refractivity contribution in [1.82, 2.24) is 4.98 Å². The van der Waals surface area contributed by atoms with Crippen LogP contribution < -0.4 is 10.6 Å². The summed E-state index contributed by atoms with van der Waals surface area (Å²) < 4.78 is 12.8. The van der Waals surface area contributed by atoms with E-state index >= 15 is 0 Å². The van der Waals surface area contributed by atoms with Crippen molar-refractivity contribution >= 4 is 5.69 Å². The number of aromatic nitrogens is 1. The first-order valence-corrected chi connectivity index (χ1v) is 6.30. The van der Waals surface area contributed by atoms with Crippen LogP contribution in [0.4, 0.5) is 10.1 Å². The normalized spacial score (nSPS) is 12.2. The number of pyridine rings is 1. The van der Waals surface area contributed by atoms with Crippen LogP contribution in [0, 0.1) is 5.82 Å². The molecule has 100 valence electrons. The van der Waals surface area contributed by atoms with E-state index in [1.807, 2.05) is 25.2 Å². The van der Waals surface area contributed by atoms with Crippen LogP contribution in [0.1, 0.15) is 18.2 Å². The Labute approximate surface area is 112 Å². The summed E-state index contributed by atoms with van der Waals surface area (Å²) in [6.45, 7) is 0.824. The molecule has 1 aromatic heterocycles. The Morgan fingerprint density at radius 3 is 2.58 bits per heavy atom. The fourth-order valence-corrected chi connectivity index (χ4v) is 1.90. The van der Waals surface area contributed by atoms with E-state index < -0.39 is 0 Å². The summed E-state index contributed by atoms with van der Waals surface area (Å²) in [6.07, 6.45) is 1.97. The van der Waals surface area contributed by atoms with Gasteiger partial charge in [0.2, 0.25) is 0 Å². The van der Waals surface area contributed by atoms with Crippen molar-refractivity contribution in [2.24, 2.45) is 5.73 Å². The SMILES string of the molecule is CN(CCC(N)c1ccc(F)cn1)c1ccccc1. The first-order chi connectivity index (χ1) is 9.16. The minimum absolute atomic E-state index is 0.174. The Hall–Kier alpha value is -1.94. The van der Waals surface area contributed by atoms with Crippen LogP contribution in [-0.4, -0.2) is 18.6 Å². The molecule has 19 heavy (non-hydrogen) atoms. The lowest BCUT2D eigenvalue weighted by molar-refractivity contribution is 0.600. The predicted octanol–water partition coefficient (Wildman–Crippen LogP) is 2.75. The number of halogens is 1. The molecule has 0 amide bonds. The van der Waals surface area contributed by atoms with Gasteiger partial charge in [-0.25, -0.2) is 4.39 Å². The molecule has 0 bridgehead atoms. The fraction of sp³-hybridized carbons (Fsp3) is 0.267. The number of nitrogens with two attached hydrogens (primary N) is 1. The van der Waals surface area contributed by atoms with Crippen molar-refractivity contribution in [3.8, 4) is 0 Å². The van der Waals surface area contributed by atoms with E-state index in [2.05, 4.69) is 22.0 Å². The third-order valence-corrected chi connectivity index (χ3v) is 3.10. The van der Waals surface area contributed by atoms with Gasteiger partial charge in [-0.05, 0) is 30.7 Å². The topological polar surface area (TPSA) is 42.1 Å². The Bertz CT molecular complexity index is 499. The van der Waals surface area contributed by atoms with Gasteiger partial charge >= 0.3 is 0 Å². The molecule has 0 radical (unpaired) electrons. The van der Waals surface area contributed by atoms with Crippen molar-refractivity contribution in [2.45, 2.75) is 12.5 Å². The van der Waals surface area contributed by atoms with Gasteiger partial charge in [-0.15, -0.1) is 0 Å². The van der Waals surface area contributed by atoms with Gasteiger partial charge in [0.1, 0.15) is 5.82 Å². The Kier molecular flexibility index (Phi) is 4.47. The van der Waals surface area contributed by atoms with Crippen molar-refractivity contribution in [1.29, 1.82) is 0 Å². The fourth-order valence-electron chi connectivity index (χ4n) is 1.90. The van der Waals surface area contributed by atoms with E-state index in [1.54, 1.807) is 6.07 Å². The number of nitrogens with zero attached hydrogens (tertiary/aromatic N) is 2. The summed E-state index contributed by atoms with van der Waals surface area (Å²) in [5, 5.41) is 0. The zero-order valence-corrected chi connectivity index (χ0v) is 11.0. The number of para-hydroxylation sites is 1. The van der Waals surface area contributed by atoms with Crippen LogP contribution in [0.3, 0.4) is 0 Å². The van der Waals surface area contributed by atoms with E-state index in [-0.39, 0.29) is 11.9 Å². The zero-order valence-electron chi connectivity index (χ0n) is 11.0. The molecule has 2 N–H and O–H groups in total. The van der Waals surface area contributed by atoms with Crippen molar-refractivity contribution in [3.63, 3.8) is 0 Å². The van der Waals surface area contributed by atoms with Gasteiger partial charge in [0, 0.05) is 25.3 Å². The molecule has 0 aliphatic carbocycles. The minimum atomic E-state index is -0.336. The first-order valence-electron chi connectivity index (χ1n) is 6.30. The second-order valence-corrected chi connectivity index (χ2v) is 4.55. The lowest BCUT2D eigenvalue weighted by Crippen LogP contribution is -2.23. The molecule has 0 aliphatic rings. The van der Waals surface area contributed by atoms with Crippen molar-refractivity contribution in [3.05, 3.63) is 60.2 Å². The average Bonchev–Trinajstić information content (AvgIpc) is 2.46. The van der Waals surface area contributed by atoms with Gasteiger partial charge in [0.25, 0.3) is 0 Å². The van der Waals surface area contributed by atoms with E-state index in [0.717, 1.165) is 24.3 Å². The van der Waals surface area contributed by atoms with Crippen molar-refractivity contribution < 1.29 is 4.39 Å². The maximum absolute atomic E-state index is 12.8. The number of benzene rings is 1. The van der Waals surface area contributed by atoms with Crippen LogP contribution in [0.25, 0.3) is 0 Å². The van der Waals surface area contributed by atoms with Crippen LogP contribution >= 0.6 is 0 Å². The standard InChI is InChI=1S/C15H18FN3/c1-19(13-5-3-2-4-6-13)10-9-14(17)15-8-7-12(16)11-18-15/h2-8,11,14H,9-10,17H2,1H3. The van der Waals surface area contributed by atoms with Crippen LogP contribution in [0.15, 0.2) is 48.7 Å². The van der Waals surface area contributed by atoms with Crippen LogP contribution in [-0.2, 0) is 0 Å². The van der Waals surface area contributed by atoms with Crippen molar-refractivity contribution in [2.75, 3.05) is 18.5 Å². The summed E-state index contributed by atoms with van der Waals surface area (Å²) in [7, 11) is 2.03. The molecule has 0 saturated carbocycles. The summed E-state index contributed by atoms with van der Waals surface area (Å²) in [5.74, 6) is -0.336.